The summed E-state index contributed by atoms with van der Waals surface area (Å²) in [4.78, 5) is 0. The molecule has 3 rings (SSSR count). The van der Waals surface area contributed by atoms with Crippen molar-refractivity contribution in [3.05, 3.63) is 34.6 Å². The first kappa shape index (κ1) is 18.7. The van der Waals surface area contributed by atoms with Gasteiger partial charge in [0.25, 0.3) is 0 Å². The molecule has 0 radical (unpaired) electrons. The Balaban J connectivity index is 2.07. The molecule has 0 atom stereocenters. The molecule has 0 saturated heterocycles. The number of rotatable bonds is 6. The van der Waals surface area contributed by atoms with Gasteiger partial charge in [0.05, 0.1) is 12.3 Å². The molecule has 26 heavy (non-hydrogen) atoms. The molecule has 0 amide bonds. The van der Waals surface area contributed by atoms with Crippen molar-refractivity contribution in [1.82, 2.24) is 9.78 Å². The van der Waals surface area contributed by atoms with E-state index in [-0.39, 0.29) is 18.4 Å². The Labute approximate surface area is 153 Å². The van der Waals surface area contributed by atoms with Gasteiger partial charge in [0.2, 0.25) is 0 Å². The third-order valence-corrected chi connectivity index (χ3v) is 5.51. The minimum Gasteiger partial charge on any atom is -0.453 e. The van der Waals surface area contributed by atoms with Crippen molar-refractivity contribution >= 4 is 15.5 Å². The summed E-state index contributed by atoms with van der Waals surface area (Å²) in [6.45, 7) is 3.49. The van der Waals surface area contributed by atoms with Crippen LogP contribution in [0.3, 0.4) is 0 Å². The Bertz CT molecular complexity index is 907. The van der Waals surface area contributed by atoms with Crippen LogP contribution in [0.5, 0.6) is 11.5 Å². The maximum Gasteiger partial charge on any atom is 0.174 e. The Morgan fingerprint density at radius 3 is 2.38 bits per heavy atom. The zero-order valence-corrected chi connectivity index (χ0v) is 16.1. The average Bonchev–Trinajstić information content (AvgIpc) is 2.79. The quantitative estimate of drug-likeness (QED) is 0.747. The van der Waals surface area contributed by atoms with E-state index in [1.54, 1.807) is 0 Å². The number of hydrogen-bond acceptors (Lipinski definition) is 6. The molecule has 142 valence electrons. The van der Waals surface area contributed by atoms with Crippen molar-refractivity contribution in [2.45, 2.75) is 51.5 Å². The molecule has 0 aliphatic heterocycles. The molecule has 3 N–H and O–H groups in total. The number of anilines is 1. The number of aliphatic hydroxyl groups excluding tert-OH is 1. The fourth-order valence-electron chi connectivity index (χ4n) is 3.23. The van der Waals surface area contributed by atoms with Crippen molar-refractivity contribution in [2.75, 3.05) is 12.0 Å². The van der Waals surface area contributed by atoms with Crippen LogP contribution in [0.1, 0.15) is 47.7 Å². The smallest absolute Gasteiger partial charge is 0.174 e. The normalized spacial score (nSPS) is 15.1. The zero-order chi connectivity index (χ0) is 19.1. The van der Waals surface area contributed by atoms with Gasteiger partial charge in [-0.15, -0.1) is 0 Å². The van der Waals surface area contributed by atoms with Crippen LogP contribution < -0.4 is 10.5 Å². The van der Waals surface area contributed by atoms with E-state index in [4.69, 9.17) is 10.5 Å². The Kier molecular flexibility index (Phi) is 4.98. The van der Waals surface area contributed by atoms with Crippen molar-refractivity contribution in [1.29, 1.82) is 0 Å². The third-order valence-electron chi connectivity index (χ3n) is 4.80. The minimum absolute atomic E-state index is 0.190. The summed E-state index contributed by atoms with van der Waals surface area (Å²) in [5.41, 5.74) is 9.62. The number of aliphatic hydroxyl groups is 1. The number of ether oxygens (including phenoxy) is 1. The highest BCUT2D eigenvalue weighted by molar-refractivity contribution is 7.89. The number of aromatic nitrogens is 2. The second-order valence-corrected chi connectivity index (χ2v) is 9.18. The van der Waals surface area contributed by atoms with Gasteiger partial charge in [-0.3, -0.25) is 0 Å². The Morgan fingerprint density at radius 2 is 1.92 bits per heavy atom. The van der Waals surface area contributed by atoms with E-state index < -0.39 is 9.84 Å². The molecule has 1 aliphatic rings. The second kappa shape index (κ2) is 6.92. The molecule has 1 saturated carbocycles. The molecule has 0 bridgehead atoms. The van der Waals surface area contributed by atoms with Gasteiger partial charge in [-0.1, -0.05) is 6.42 Å². The molecule has 0 spiro atoms. The van der Waals surface area contributed by atoms with Crippen LogP contribution in [0.2, 0.25) is 0 Å². The fraction of sp³-hybridized carbons (Fsp3) is 0.500. The van der Waals surface area contributed by atoms with E-state index in [0.717, 1.165) is 36.1 Å². The minimum atomic E-state index is -3.27. The van der Waals surface area contributed by atoms with Crippen molar-refractivity contribution in [3.8, 4) is 11.5 Å². The van der Waals surface area contributed by atoms with E-state index >= 15 is 0 Å². The van der Waals surface area contributed by atoms with Gasteiger partial charge in [0.15, 0.2) is 15.6 Å². The van der Waals surface area contributed by atoms with E-state index in [9.17, 15) is 13.5 Å². The molecule has 1 aliphatic carbocycles. The molecule has 1 heterocycles. The number of nitrogens with zero attached hydrogens (tertiary/aromatic N) is 2. The lowest BCUT2D eigenvalue weighted by Gasteiger charge is -2.27. The molecule has 2 aromatic rings. The molecular formula is C18H25N3O4S. The van der Waals surface area contributed by atoms with E-state index in [2.05, 4.69) is 5.10 Å². The van der Waals surface area contributed by atoms with Gasteiger partial charge in [-0.05, 0) is 49.9 Å². The molecule has 1 aromatic heterocycles. The van der Waals surface area contributed by atoms with E-state index in [1.165, 1.54) is 10.9 Å². The van der Waals surface area contributed by atoms with Crippen LogP contribution in [0, 0.1) is 13.8 Å². The van der Waals surface area contributed by atoms with Gasteiger partial charge < -0.3 is 15.6 Å². The van der Waals surface area contributed by atoms with Gasteiger partial charge in [-0.25, -0.2) is 13.1 Å². The van der Waals surface area contributed by atoms with Crippen LogP contribution in [0.25, 0.3) is 0 Å². The lowest BCUT2D eigenvalue weighted by atomic mass is 9.82. The summed E-state index contributed by atoms with van der Waals surface area (Å²) in [5.74, 6) is 1.03. The predicted octanol–water partition coefficient (Wildman–Crippen LogP) is 2.64. The topological polar surface area (TPSA) is 107 Å². The highest BCUT2D eigenvalue weighted by atomic mass is 32.2. The van der Waals surface area contributed by atoms with Crippen molar-refractivity contribution in [2.24, 2.45) is 0 Å². The Hall–Kier alpha value is -2.06. The predicted molar refractivity (Wildman–Crippen MR) is 100.0 cm³/mol. The van der Waals surface area contributed by atoms with Crippen molar-refractivity contribution in [3.63, 3.8) is 0 Å². The fourth-order valence-corrected chi connectivity index (χ4v) is 3.88. The van der Waals surface area contributed by atoms with E-state index in [1.807, 2.05) is 26.0 Å². The van der Waals surface area contributed by atoms with E-state index in [0.29, 0.717) is 22.9 Å². The molecule has 1 fully saturated rings. The number of benzene rings is 1. The Morgan fingerprint density at radius 1 is 1.31 bits per heavy atom. The van der Waals surface area contributed by atoms with Crippen LogP contribution in [0.15, 0.2) is 12.1 Å². The first-order valence-corrected chi connectivity index (χ1v) is 10.7. The maximum absolute atomic E-state index is 11.8. The van der Waals surface area contributed by atoms with Crippen LogP contribution >= 0.6 is 0 Å². The maximum atomic E-state index is 11.8. The number of sulfone groups is 1. The standard InChI is InChI=1S/C18H25N3O4S/c1-11-7-14(8-12(2)16(11)19)25-18-15(9-22)20-21(10-26(3,23)24)17(18)13-5-4-6-13/h7-8,13,22H,4-6,9-10,19H2,1-3H3. The zero-order valence-electron chi connectivity index (χ0n) is 15.3. The number of nitrogens with two attached hydrogens (primary N) is 1. The molecule has 1 aromatic carbocycles. The highest BCUT2D eigenvalue weighted by Crippen LogP contribution is 2.44. The number of hydrogen-bond donors (Lipinski definition) is 2. The first-order chi connectivity index (χ1) is 12.2. The molecule has 7 nitrogen and oxygen atoms in total. The summed E-state index contributed by atoms with van der Waals surface area (Å²) in [7, 11) is -3.27. The lowest BCUT2D eigenvalue weighted by molar-refractivity contribution is 0.270. The van der Waals surface area contributed by atoms with Gasteiger partial charge >= 0.3 is 0 Å². The van der Waals surface area contributed by atoms with Crippen LogP contribution in [-0.2, 0) is 22.3 Å². The first-order valence-electron chi connectivity index (χ1n) is 8.62. The average molecular weight is 379 g/mol. The van der Waals surface area contributed by atoms with Gasteiger partial charge in [0, 0.05) is 17.9 Å². The lowest BCUT2D eigenvalue weighted by Crippen LogP contribution is -2.19. The molecule has 8 heteroatoms. The van der Waals surface area contributed by atoms with Gasteiger partial charge in [0.1, 0.15) is 17.3 Å². The summed E-state index contributed by atoms with van der Waals surface area (Å²) >= 11 is 0. The van der Waals surface area contributed by atoms with Crippen molar-refractivity contribution < 1.29 is 18.3 Å². The summed E-state index contributed by atoms with van der Waals surface area (Å²) in [6, 6.07) is 3.67. The molecule has 0 unspecified atom stereocenters. The van der Waals surface area contributed by atoms with Crippen LogP contribution in [0.4, 0.5) is 5.69 Å². The summed E-state index contributed by atoms with van der Waals surface area (Å²) in [5, 5.41) is 14.0. The largest absolute Gasteiger partial charge is 0.453 e. The SMILES string of the molecule is Cc1cc(Oc2c(CO)nn(CS(C)(=O)=O)c2C2CCC2)cc(C)c1N. The number of nitrogen functional groups attached to an aromatic ring is 1. The van der Waals surface area contributed by atoms with Gasteiger partial charge in [-0.2, -0.15) is 5.10 Å². The highest BCUT2D eigenvalue weighted by Gasteiger charge is 2.31. The molecular weight excluding hydrogens is 354 g/mol. The van der Waals surface area contributed by atoms with Crippen LogP contribution in [-0.4, -0.2) is 29.6 Å². The third kappa shape index (κ3) is 3.71. The second-order valence-electron chi connectivity index (χ2n) is 7.07. The monoisotopic (exact) mass is 379 g/mol. The number of aryl methyl sites for hydroxylation is 2. The summed E-state index contributed by atoms with van der Waals surface area (Å²) in [6.07, 6.45) is 4.17. The summed E-state index contributed by atoms with van der Waals surface area (Å²) < 4.78 is 31.2.